The lowest BCUT2D eigenvalue weighted by molar-refractivity contribution is -0.384. The third kappa shape index (κ3) is 17.0. The minimum atomic E-state index is -0.942. The second-order valence-corrected chi connectivity index (χ2v) is 10.5. The van der Waals surface area contributed by atoms with E-state index >= 15 is 0 Å². The van der Waals surface area contributed by atoms with Crippen molar-refractivity contribution in [3.05, 3.63) is 58.2 Å². The summed E-state index contributed by atoms with van der Waals surface area (Å²) in [4.78, 5) is 8.92. The van der Waals surface area contributed by atoms with Crippen molar-refractivity contribution in [2.24, 2.45) is 0 Å². The molecule has 0 aliphatic heterocycles. The first-order chi connectivity index (χ1) is 16.0. The van der Waals surface area contributed by atoms with E-state index in [2.05, 4.69) is 81.7 Å². The van der Waals surface area contributed by atoms with Gasteiger partial charge in [-0.25, -0.2) is 9.78 Å². The lowest BCUT2D eigenvalue weighted by Gasteiger charge is -2.28. The predicted octanol–water partition coefficient (Wildman–Crippen LogP) is 9.77. The summed E-state index contributed by atoms with van der Waals surface area (Å²) < 4.78 is 0. The van der Waals surface area contributed by atoms with Crippen LogP contribution in [0.2, 0.25) is 0 Å². The Morgan fingerprint density at radius 2 is 1.00 bits per heavy atom. The summed E-state index contributed by atoms with van der Waals surface area (Å²) in [5.74, 6) is 0. The summed E-state index contributed by atoms with van der Waals surface area (Å²) >= 11 is 0. The topological polar surface area (TPSA) is 58.9 Å². The van der Waals surface area contributed by atoms with E-state index in [1.807, 2.05) is 0 Å². The Labute approximate surface area is 210 Å². The molecule has 4 heteroatoms. The van der Waals surface area contributed by atoms with Crippen molar-refractivity contribution < 1.29 is 20.3 Å². The zero-order valence-corrected chi connectivity index (χ0v) is 23.2. The molecule has 0 heterocycles. The first-order valence-corrected chi connectivity index (χ1v) is 12.9. The van der Waals surface area contributed by atoms with Gasteiger partial charge >= 0.3 is 0 Å². The van der Waals surface area contributed by atoms with Crippen molar-refractivity contribution in [2.45, 2.75) is 131 Å². The fraction of sp³-hybridized carbons (Fsp3) is 0.667. The van der Waals surface area contributed by atoms with Crippen LogP contribution >= 0.6 is 0 Å². The first-order valence-electron chi connectivity index (χ1n) is 12.9. The number of hydrogen-bond donors (Lipinski definition) is 2. The van der Waals surface area contributed by atoms with Crippen LogP contribution in [0.15, 0.2) is 58.2 Å². The lowest BCUT2D eigenvalue weighted by Crippen LogP contribution is -2.39. The zero-order valence-electron chi connectivity index (χ0n) is 23.2. The van der Waals surface area contributed by atoms with E-state index < -0.39 is 11.7 Å². The minimum Gasteiger partial charge on any atom is -0.251 e. The average Bonchev–Trinajstić information content (AvgIpc) is 2.76. The van der Waals surface area contributed by atoms with Gasteiger partial charge in [0.15, 0.2) is 0 Å². The zero-order chi connectivity index (χ0) is 26.0. The maximum atomic E-state index is 9.07. The van der Waals surface area contributed by atoms with E-state index in [0.29, 0.717) is 6.42 Å². The molecule has 2 N–H and O–H groups in total. The maximum Gasteiger partial charge on any atom is 0.127 e. The molecule has 0 aromatic rings. The molecular weight excluding hydrogens is 424 g/mol. The summed E-state index contributed by atoms with van der Waals surface area (Å²) in [5, 5.41) is 18.0. The molecule has 0 aromatic heterocycles. The molecule has 0 aliphatic rings. The summed E-state index contributed by atoms with van der Waals surface area (Å²) in [6, 6.07) is 0. The molecule has 1 unspecified atom stereocenters. The molecule has 0 saturated carbocycles. The Morgan fingerprint density at radius 3 is 1.38 bits per heavy atom. The van der Waals surface area contributed by atoms with Crippen molar-refractivity contribution in [3.63, 3.8) is 0 Å². The van der Waals surface area contributed by atoms with Crippen LogP contribution in [0.25, 0.3) is 0 Å². The van der Waals surface area contributed by atoms with Crippen molar-refractivity contribution >= 4 is 0 Å². The fourth-order valence-electron chi connectivity index (χ4n) is 3.69. The third-order valence-electron chi connectivity index (χ3n) is 6.25. The maximum absolute atomic E-state index is 9.07. The molecule has 34 heavy (non-hydrogen) atoms. The molecule has 4 nitrogen and oxygen atoms in total. The predicted molar refractivity (Wildman–Crippen MR) is 146 cm³/mol. The van der Waals surface area contributed by atoms with Gasteiger partial charge in [0.1, 0.15) is 11.7 Å². The van der Waals surface area contributed by atoms with E-state index in [4.69, 9.17) is 10.5 Å². The largest absolute Gasteiger partial charge is 0.251 e. The number of hydrogen-bond acceptors (Lipinski definition) is 4. The van der Waals surface area contributed by atoms with E-state index in [-0.39, 0.29) is 0 Å². The van der Waals surface area contributed by atoms with Gasteiger partial charge in [0, 0.05) is 0 Å². The van der Waals surface area contributed by atoms with Crippen LogP contribution in [0.1, 0.15) is 120 Å². The van der Waals surface area contributed by atoms with Crippen LogP contribution < -0.4 is 0 Å². The third-order valence-corrected chi connectivity index (χ3v) is 6.25. The Morgan fingerprint density at radius 1 is 0.618 bits per heavy atom. The van der Waals surface area contributed by atoms with Gasteiger partial charge in [0.05, 0.1) is 0 Å². The van der Waals surface area contributed by atoms with Gasteiger partial charge in [-0.05, 0) is 120 Å². The van der Waals surface area contributed by atoms with Crippen molar-refractivity contribution in [2.75, 3.05) is 0 Å². The second kappa shape index (κ2) is 18.8. The molecule has 1 atom stereocenters. The average molecular weight is 477 g/mol. The van der Waals surface area contributed by atoms with Crippen molar-refractivity contribution in [3.8, 4) is 0 Å². The Bertz CT molecular complexity index is 703. The Hall–Kier alpha value is -1.46. The SMILES string of the molecule is CC(C)=CCCC(C)=CCCC(C)=CCCC=C(C)CCC=C(C)CCC(OO)C(C)(C)OO. The highest BCUT2D eigenvalue weighted by Crippen LogP contribution is 2.23. The van der Waals surface area contributed by atoms with Crippen LogP contribution in [0.3, 0.4) is 0 Å². The van der Waals surface area contributed by atoms with Gasteiger partial charge in [-0.15, -0.1) is 0 Å². The summed E-state index contributed by atoms with van der Waals surface area (Å²) in [5.41, 5.74) is 6.12. The van der Waals surface area contributed by atoms with Gasteiger partial charge in [-0.3, -0.25) is 10.5 Å². The quantitative estimate of drug-likeness (QED) is 0.0894. The first kappa shape index (κ1) is 32.5. The van der Waals surface area contributed by atoms with Gasteiger partial charge < -0.3 is 0 Å². The van der Waals surface area contributed by atoms with Crippen LogP contribution in [-0.2, 0) is 9.78 Å². The number of rotatable bonds is 18. The lowest BCUT2D eigenvalue weighted by atomic mass is 9.95. The minimum absolute atomic E-state index is 0.577. The van der Waals surface area contributed by atoms with Gasteiger partial charge in [0.2, 0.25) is 0 Å². The van der Waals surface area contributed by atoms with Crippen LogP contribution in [0, 0.1) is 0 Å². The van der Waals surface area contributed by atoms with E-state index in [9.17, 15) is 0 Å². The molecule has 0 rings (SSSR count). The molecule has 0 bridgehead atoms. The fourth-order valence-corrected chi connectivity index (χ4v) is 3.69. The second-order valence-electron chi connectivity index (χ2n) is 10.5. The van der Waals surface area contributed by atoms with Crippen LogP contribution in [0.4, 0.5) is 0 Å². The molecule has 0 fully saturated rings. The summed E-state index contributed by atoms with van der Waals surface area (Å²) in [6.07, 6.45) is 21.4. The highest BCUT2D eigenvalue weighted by molar-refractivity contribution is 5.07. The molecule has 0 spiro atoms. The Kier molecular flexibility index (Phi) is 18.0. The number of allylic oxidation sites excluding steroid dienone is 10. The molecule has 0 amide bonds. The highest BCUT2D eigenvalue weighted by Gasteiger charge is 2.32. The van der Waals surface area contributed by atoms with Crippen molar-refractivity contribution in [1.82, 2.24) is 0 Å². The molecule has 0 aliphatic carbocycles. The molecule has 0 saturated heterocycles. The molecule has 0 aromatic carbocycles. The molecular formula is C30H52O4. The smallest absolute Gasteiger partial charge is 0.127 e. The number of unbranched alkanes of at least 4 members (excludes halogenated alkanes) is 1. The van der Waals surface area contributed by atoms with Crippen LogP contribution in [-0.4, -0.2) is 22.2 Å². The molecule has 196 valence electrons. The summed E-state index contributed by atoms with van der Waals surface area (Å²) in [7, 11) is 0. The van der Waals surface area contributed by atoms with Gasteiger partial charge in [0.25, 0.3) is 0 Å². The van der Waals surface area contributed by atoms with E-state index in [0.717, 1.165) is 51.4 Å². The normalized spacial score (nSPS) is 15.0. The van der Waals surface area contributed by atoms with Crippen molar-refractivity contribution in [1.29, 1.82) is 0 Å². The standard InChI is InChI=1S/C30H52O4/c1-24(2)14-11-17-27(5)20-12-18-25(3)15-9-10-16-26(4)19-13-21-28(6)22-23-29(33-31)30(7,8)34-32/h14-16,20-21,29,31-32H,9-13,17-19,22-23H2,1-8H3. The van der Waals surface area contributed by atoms with E-state index in [1.165, 1.54) is 34.3 Å². The highest BCUT2D eigenvalue weighted by atomic mass is 17.1. The van der Waals surface area contributed by atoms with Gasteiger partial charge in [-0.2, -0.15) is 0 Å². The van der Waals surface area contributed by atoms with Gasteiger partial charge in [-0.1, -0.05) is 58.2 Å². The van der Waals surface area contributed by atoms with E-state index in [1.54, 1.807) is 13.8 Å². The summed E-state index contributed by atoms with van der Waals surface area (Å²) in [6.45, 7) is 16.5. The Balaban J connectivity index is 4.21. The van der Waals surface area contributed by atoms with Crippen LogP contribution in [0.5, 0.6) is 0 Å². The molecule has 0 radical (unpaired) electrons. The monoisotopic (exact) mass is 476 g/mol.